The van der Waals surface area contributed by atoms with Gasteiger partial charge in [0.25, 0.3) is 0 Å². The topological polar surface area (TPSA) is 46.5 Å². The summed E-state index contributed by atoms with van der Waals surface area (Å²) in [7, 11) is 0. The summed E-state index contributed by atoms with van der Waals surface area (Å²) in [5, 5.41) is 8.65. The Kier molecular flexibility index (Phi) is 5.37. The summed E-state index contributed by atoms with van der Waals surface area (Å²) >= 11 is 0. The number of fused-ring (bicyclic) bond motifs is 2. The van der Waals surface area contributed by atoms with Crippen LogP contribution in [0.4, 0.5) is 0 Å². The van der Waals surface area contributed by atoms with E-state index < -0.39 is 5.97 Å². The zero-order chi connectivity index (χ0) is 16.1. The maximum Gasteiger partial charge on any atom is 0.303 e. The molecule has 2 aliphatic rings. The maximum atomic E-state index is 10.5. The van der Waals surface area contributed by atoms with E-state index in [0.717, 1.165) is 30.9 Å². The van der Waals surface area contributed by atoms with Crippen LogP contribution in [0.1, 0.15) is 44.9 Å². The van der Waals surface area contributed by atoms with E-state index in [1.807, 2.05) is 30.3 Å². The van der Waals surface area contributed by atoms with Crippen LogP contribution in [-0.2, 0) is 4.79 Å². The van der Waals surface area contributed by atoms with Crippen LogP contribution in [0.5, 0.6) is 5.75 Å². The van der Waals surface area contributed by atoms with E-state index >= 15 is 0 Å². The second-order valence-corrected chi connectivity index (χ2v) is 6.89. The van der Waals surface area contributed by atoms with Gasteiger partial charge < -0.3 is 9.84 Å². The predicted octanol–water partition coefficient (Wildman–Crippen LogP) is 4.68. The third-order valence-corrected chi connectivity index (χ3v) is 5.36. The standard InChI is InChI=1S/C20H26O3/c21-19(22)11-7-2-1-6-10-18-15-12-13-16(14-15)20(18)23-17-8-4-3-5-9-17/h1,3-6,8-9,15-16,18,20H,2,7,10-14H2,(H,21,22)/t15-,16+,18-,20-/m1/s1. The molecule has 2 bridgehead atoms. The molecule has 0 unspecified atom stereocenters. The van der Waals surface area contributed by atoms with Gasteiger partial charge in [0.1, 0.15) is 11.9 Å². The molecule has 2 aliphatic carbocycles. The number of allylic oxidation sites excluding steroid dienone is 2. The highest BCUT2D eigenvalue weighted by atomic mass is 16.5. The molecular weight excluding hydrogens is 288 g/mol. The second kappa shape index (κ2) is 7.67. The van der Waals surface area contributed by atoms with Crippen molar-refractivity contribution in [1.29, 1.82) is 0 Å². The predicted molar refractivity (Wildman–Crippen MR) is 90.4 cm³/mol. The molecule has 1 N–H and O–H groups in total. The molecule has 1 aromatic carbocycles. The Bertz CT molecular complexity index is 537. The lowest BCUT2D eigenvalue weighted by Gasteiger charge is -2.31. The van der Waals surface area contributed by atoms with Crippen molar-refractivity contribution in [2.24, 2.45) is 17.8 Å². The van der Waals surface area contributed by atoms with Gasteiger partial charge >= 0.3 is 5.97 Å². The summed E-state index contributed by atoms with van der Waals surface area (Å²) in [6, 6.07) is 10.2. The number of hydrogen-bond donors (Lipinski definition) is 1. The van der Waals surface area contributed by atoms with E-state index in [1.54, 1.807) is 0 Å². The van der Waals surface area contributed by atoms with E-state index in [-0.39, 0.29) is 6.42 Å². The molecule has 3 rings (SSSR count). The van der Waals surface area contributed by atoms with E-state index in [9.17, 15) is 4.79 Å². The number of hydrogen-bond acceptors (Lipinski definition) is 2. The van der Waals surface area contributed by atoms with Gasteiger partial charge in [-0.15, -0.1) is 0 Å². The first-order chi connectivity index (χ1) is 11.2. The summed E-state index contributed by atoms with van der Waals surface area (Å²) in [5.41, 5.74) is 0. The van der Waals surface area contributed by atoms with Crippen LogP contribution in [0.2, 0.25) is 0 Å². The molecule has 0 heterocycles. The van der Waals surface area contributed by atoms with Crippen LogP contribution in [0.15, 0.2) is 42.5 Å². The van der Waals surface area contributed by atoms with Crippen molar-refractivity contribution in [3.63, 3.8) is 0 Å². The molecule has 23 heavy (non-hydrogen) atoms. The lowest BCUT2D eigenvalue weighted by atomic mass is 9.84. The summed E-state index contributed by atoms with van der Waals surface area (Å²) < 4.78 is 6.32. The van der Waals surface area contributed by atoms with Crippen LogP contribution in [0, 0.1) is 17.8 Å². The van der Waals surface area contributed by atoms with Crippen molar-refractivity contribution in [2.75, 3.05) is 0 Å². The van der Waals surface area contributed by atoms with Gasteiger partial charge in [-0.3, -0.25) is 4.79 Å². The molecule has 4 atom stereocenters. The molecule has 0 aliphatic heterocycles. The van der Waals surface area contributed by atoms with Crippen molar-refractivity contribution in [1.82, 2.24) is 0 Å². The minimum absolute atomic E-state index is 0.262. The highest BCUT2D eigenvalue weighted by Gasteiger charge is 2.48. The first-order valence-electron chi connectivity index (χ1n) is 8.82. The Labute approximate surface area is 138 Å². The summed E-state index contributed by atoms with van der Waals surface area (Å²) in [5.74, 6) is 2.41. The quantitative estimate of drug-likeness (QED) is 0.560. The van der Waals surface area contributed by atoms with Crippen molar-refractivity contribution < 1.29 is 14.6 Å². The van der Waals surface area contributed by atoms with E-state index in [0.29, 0.717) is 17.9 Å². The Hall–Kier alpha value is -1.77. The molecular formula is C20H26O3. The Morgan fingerprint density at radius 1 is 1.17 bits per heavy atom. The number of para-hydroxylation sites is 1. The molecule has 2 fully saturated rings. The van der Waals surface area contributed by atoms with Crippen LogP contribution in [-0.4, -0.2) is 17.2 Å². The van der Waals surface area contributed by atoms with Gasteiger partial charge in [-0.05, 0) is 62.5 Å². The molecule has 3 nitrogen and oxygen atoms in total. The van der Waals surface area contributed by atoms with Gasteiger partial charge in [0.05, 0.1) is 0 Å². The molecule has 0 spiro atoms. The van der Waals surface area contributed by atoms with Gasteiger partial charge in [0, 0.05) is 12.3 Å². The summed E-state index contributed by atoms with van der Waals surface area (Å²) in [6.07, 6.45) is 11.6. The Morgan fingerprint density at radius 3 is 2.74 bits per heavy atom. The average Bonchev–Trinajstić information content (AvgIpc) is 3.14. The third-order valence-electron chi connectivity index (χ3n) is 5.36. The number of carboxylic acids is 1. The molecule has 0 saturated heterocycles. The van der Waals surface area contributed by atoms with Crippen LogP contribution >= 0.6 is 0 Å². The largest absolute Gasteiger partial charge is 0.490 e. The zero-order valence-corrected chi connectivity index (χ0v) is 13.6. The van der Waals surface area contributed by atoms with Gasteiger partial charge in [0.2, 0.25) is 0 Å². The van der Waals surface area contributed by atoms with E-state index in [4.69, 9.17) is 9.84 Å². The fraction of sp³-hybridized carbons (Fsp3) is 0.550. The van der Waals surface area contributed by atoms with E-state index in [1.165, 1.54) is 19.3 Å². The molecule has 2 saturated carbocycles. The molecule has 0 amide bonds. The van der Waals surface area contributed by atoms with Crippen molar-refractivity contribution >= 4 is 5.97 Å². The minimum Gasteiger partial charge on any atom is -0.490 e. The maximum absolute atomic E-state index is 10.5. The minimum atomic E-state index is -0.706. The molecule has 0 aromatic heterocycles. The zero-order valence-electron chi connectivity index (χ0n) is 13.6. The number of rotatable bonds is 8. The number of carbonyl (C=O) groups is 1. The fourth-order valence-electron chi connectivity index (χ4n) is 4.27. The lowest BCUT2D eigenvalue weighted by Crippen LogP contribution is -2.32. The Balaban J connectivity index is 1.52. The SMILES string of the molecule is O=C(O)CCCC=CC[C@@H]1[C@@H]2CC[C@@H](C2)[C@H]1Oc1ccccc1. The van der Waals surface area contributed by atoms with Crippen molar-refractivity contribution in [3.8, 4) is 5.75 Å². The fourth-order valence-corrected chi connectivity index (χ4v) is 4.27. The monoisotopic (exact) mass is 314 g/mol. The number of aliphatic carboxylic acids is 1. The average molecular weight is 314 g/mol. The van der Waals surface area contributed by atoms with Gasteiger partial charge in [-0.1, -0.05) is 30.4 Å². The molecule has 1 aromatic rings. The molecule has 124 valence electrons. The smallest absolute Gasteiger partial charge is 0.303 e. The van der Waals surface area contributed by atoms with Crippen LogP contribution < -0.4 is 4.74 Å². The van der Waals surface area contributed by atoms with Crippen molar-refractivity contribution in [2.45, 2.75) is 51.0 Å². The second-order valence-electron chi connectivity index (χ2n) is 6.89. The van der Waals surface area contributed by atoms with Crippen LogP contribution in [0.3, 0.4) is 0 Å². The normalized spacial score (nSPS) is 29.2. The van der Waals surface area contributed by atoms with Gasteiger partial charge in [0.15, 0.2) is 0 Å². The van der Waals surface area contributed by atoms with Gasteiger partial charge in [-0.25, -0.2) is 0 Å². The molecule has 3 heteroatoms. The third kappa shape index (κ3) is 4.15. The molecule has 0 radical (unpaired) electrons. The summed E-state index contributed by atoms with van der Waals surface area (Å²) in [4.78, 5) is 10.5. The number of ether oxygens (including phenoxy) is 1. The Morgan fingerprint density at radius 2 is 1.96 bits per heavy atom. The number of carboxylic acid groups (broad SMARTS) is 1. The highest BCUT2D eigenvalue weighted by Crippen LogP contribution is 2.51. The van der Waals surface area contributed by atoms with Crippen LogP contribution in [0.25, 0.3) is 0 Å². The first-order valence-corrected chi connectivity index (χ1v) is 8.82. The van der Waals surface area contributed by atoms with Crippen molar-refractivity contribution in [3.05, 3.63) is 42.5 Å². The van der Waals surface area contributed by atoms with E-state index in [2.05, 4.69) is 12.2 Å². The summed E-state index contributed by atoms with van der Waals surface area (Å²) in [6.45, 7) is 0. The lowest BCUT2D eigenvalue weighted by molar-refractivity contribution is -0.137. The highest BCUT2D eigenvalue weighted by molar-refractivity contribution is 5.66. The van der Waals surface area contributed by atoms with Gasteiger partial charge in [-0.2, -0.15) is 0 Å². The number of unbranched alkanes of at least 4 members (excludes halogenated alkanes) is 1. The number of benzene rings is 1. The first kappa shape index (κ1) is 16.1.